The quantitative estimate of drug-likeness (QED) is 0.528. The summed E-state index contributed by atoms with van der Waals surface area (Å²) in [5, 5.41) is 9.09. The number of ether oxygens (including phenoxy) is 2. The Hall–Kier alpha value is -0.610. The van der Waals surface area contributed by atoms with Crippen molar-refractivity contribution in [1.29, 1.82) is 0 Å². The van der Waals surface area contributed by atoms with Crippen molar-refractivity contribution < 1.29 is 19.4 Å². The minimum atomic E-state index is -0.521. The summed E-state index contributed by atoms with van der Waals surface area (Å²) in [7, 11) is 1.34. The lowest BCUT2D eigenvalue weighted by Crippen LogP contribution is -2.34. The monoisotopic (exact) mass is 160 g/mol. The number of rotatable bonds is 1. The fourth-order valence-electron chi connectivity index (χ4n) is 1.14. The van der Waals surface area contributed by atoms with Crippen molar-refractivity contribution in [2.45, 2.75) is 12.5 Å². The molecule has 2 atom stereocenters. The molecule has 0 aromatic rings. The first-order chi connectivity index (χ1) is 5.24. The number of hydrogen-bond donors (Lipinski definition) is 1. The van der Waals surface area contributed by atoms with E-state index in [1.165, 1.54) is 7.11 Å². The van der Waals surface area contributed by atoms with Gasteiger partial charge < -0.3 is 14.6 Å². The van der Waals surface area contributed by atoms with Crippen LogP contribution in [0.1, 0.15) is 6.42 Å². The van der Waals surface area contributed by atoms with Gasteiger partial charge in [0.25, 0.3) is 0 Å². The van der Waals surface area contributed by atoms with E-state index in [4.69, 9.17) is 9.84 Å². The molecule has 0 aliphatic carbocycles. The van der Waals surface area contributed by atoms with Gasteiger partial charge in [0.1, 0.15) is 0 Å². The lowest BCUT2D eigenvalue weighted by molar-refractivity contribution is -0.153. The van der Waals surface area contributed by atoms with Crippen LogP contribution in [0.15, 0.2) is 0 Å². The molecule has 1 aliphatic heterocycles. The van der Waals surface area contributed by atoms with E-state index in [1.807, 2.05) is 0 Å². The van der Waals surface area contributed by atoms with Crippen molar-refractivity contribution in [1.82, 2.24) is 0 Å². The number of hydrogen-bond acceptors (Lipinski definition) is 4. The fraction of sp³-hybridized carbons (Fsp3) is 0.857. The van der Waals surface area contributed by atoms with Crippen LogP contribution in [0, 0.1) is 5.92 Å². The van der Waals surface area contributed by atoms with Gasteiger partial charge in [0, 0.05) is 0 Å². The van der Waals surface area contributed by atoms with E-state index in [2.05, 4.69) is 4.74 Å². The van der Waals surface area contributed by atoms with Crippen molar-refractivity contribution in [3.8, 4) is 0 Å². The Labute approximate surface area is 65.1 Å². The highest BCUT2D eigenvalue weighted by Crippen LogP contribution is 2.14. The van der Waals surface area contributed by atoms with Gasteiger partial charge in [-0.2, -0.15) is 0 Å². The van der Waals surface area contributed by atoms with Gasteiger partial charge in [0.15, 0.2) is 0 Å². The summed E-state index contributed by atoms with van der Waals surface area (Å²) in [6.45, 7) is 0.692. The number of esters is 1. The molecule has 0 aromatic carbocycles. The first kappa shape index (κ1) is 8.49. The number of aliphatic hydroxyl groups excluding tert-OH is 1. The Bertz CT molecular complexity index is 145. The van der Waals surface area contributed by atoms with Crippen LogP contribution in [0.25, 0.3) is 0 Å². The Balaban J connectivity index is 2.39. The third kappa shape index (κ3) is 2.17. The maximum absolute atomic E-state index is 10.9. The van der Waals surface area contributed by atoms with E-state index in [-0.39, 0.29) is 11.9 Å². The predicted molar refractivity (Wildman–Crippen MR) is 36.9 cm³/mol. The highest BCUT2D eigenvalue weighted by Gasteiger charge is 2.27. The summed E-state index contributed by atoms with van der Waals surface area (Å²) in [5.41, 5.74) is 0. The summed E-state index contributed by atoms with van der Waals surface area (Å²) in [5.74, 6) is -0.590. The second-order valence-electron chi connectivity index (χ2n) is 2.65. The Morgan fingerprint density at radius 2 is 2.36 bits per heavy atom. The molecule has 11 heavy (non-hydrogen) atoms. The second kappa shape index (κ2) is 3.69. The second-order valence-corrected chi connectivity index (χ2v) is 2.65. The van der Waals surface area contributed by atoms with Crippen LogP contribution >= 0.6 is 0 Å². The highest BCUT2D eigenvalue weighted by molar-refractivity contribution is 5.72. The molecule has 0 amide bonds. The van der Waals surface area contributed by atoms with E-state index in [0.29, 0.717) is 19.6 Å². The Morgan fingerprint density at radius 3 is 2.91 bits per heavy atom. The average molecular weight is 160 g/mol. The minimum Gasteiger partial charge on any atom is -0.469 e. The Kier molecular flexibility index (Phi) is 2.84. The molecule has 1 aliphatic rings. The van der Waals surface area contributed by atoms with Crippen LogP contribution in [0.3, 0.4) is 0 Å². The third-order valence-electron chi connectivity index (χ3n) is 1.72. The smallest absolute Gasteiger partial charge is 0.311 e. The highest BCUT2D eigenvalue weighted by atomic mass is 16.5. The maximum atomic E-state index is 10.9. The summed E-state index contributed by atoms with van der Waals surface area (Å²) < 4.78 is 9.47. The summed E-state index contributed by atoms with van der Waals surface area (Å²) in [4.78, 5) is 10.9. The summed E-state index contributed by atoms with van der Waals surface area (Å²) in [6.07, 6.45) is -0.0694. The van der Waals surface area contributed by atoms with Crippen molar-refractivity contribution in [3.63, 3.8) is 0 Å². The van der Waals surface area contributed by atoms with Crippen LogP contribution in [-0.4, -0.2) is 37.5 Å². The molecule has 1 saturated heterocycles. The standard InChI is InChI=1S/C7H12O4/c1-10-7(9)5-2-6(8)4-11-3-5/h5-6,8H,2-4H2,1H3/t5-,6-/m1/s1. The molecule has 1 N–H and O–H groups in total. The van der Waals surface area contributed by atoms with Crippen LogP contribution in [-0.2, 0) is 14.3 Å². The molecular formula is C7H12O4. The van der Waals surface area contributed by atoms with E-state index in [1.54, 1.807) is 0 Å². The third-order valence-corrected chi connectivity index (χ3v) is 1.72. The lowest BCUT2D eigenvalue weighted by Gasteiger charge is -2.23. The van der Waals surface area contributed by atoms with Gasteiger partial charge >= 0.3 is 5.97 Å². The zero-order chi connectivity index (χ0) is 8.27. The SMILES string of the molecule is COC(=O)[C@H]1COC[C@H](O)C1. The van der Waals surface area contributed by atoms with Crippen molar-refractivity contribution in [2.75, 3.05) is 20.3 Å². The lowest BCUT2D eigenvalue weighted by atomic mass is 10.0. The van der Waals surface area contributed by atoms with Gasteiger partial charge in [-0.15, -0.1) is 0 Å². The molecule has 4 heteroatoms. The molecule has 0 radical (unpaired) electrons. The van der Waals surface area contributed by atoms with Gasteiger partial charge in [-0.25, -0.2) is 0 Å². The average Bonchev–Trinajstić information content (AvgIpc) is 2.03. The zero-order valence-electron chi connectivity index (χ0n) is 6.45. The number of methoxy groups -OCH3 is 1. The molecule has 0 spiro atoms. The molecule has 64 valence electrons. The summed E-state index contributed by atoms with van der Waals surface area (Å²) in [6, 6.07) is 0. The first-order valence-electron chi connectivity index (χ1n) is 3.57. The molecule has 4 nitrogen and oxygen atoms in total. The van der Waals surface area contributed by atoms with Crippen LogP contribution in [0.4, 0.5) is 0 Å². The predicted octanol–water partition coefficient (Wildman–Crippen LogP) is -0.443. The molecule has 0 aromatic heterocycles. The largest absolute Gasteiger partial charge is 0.469 e. The number of carbonyl (C=O) groups is 1. The molecule has 1 fully saturated rings. The van der Waals surface area contributed by atoms with Crippen LogP contribution in [0.5, 0.6) is 0 Å². The van der Waals surface area contributed by atoms with Gasteiger partial charge in [-0.05, 0) is 6.42 Å². The van der Waals surface area contributed by atoms with Crippen molar-refractivity contribution in [2.24, 2.45) is 5.92 Å². The van der Waals surface area contributed by atoms with E-state index in [0.717, 1.165) is 0 Å². The summed E-state index contributed by atoms with van der Waals surface area (Å²) >= 11 is 0. The fourth-order valence-corrected chi connectivity index (χ4v) is 1.14. The van der Waals surface area contributed by atoms with Gasteiger partial charge in [-0.1, -0.05) is 0 Å². The molecule has 1 rings (SSSR count). The minimum absolute atomic E-state index is 0.288. The Morgan fingerprint density at radius 1 is 1.64 bits per heavy atom. The molecule has 1 heterocycles. The molecule has 0 bridgehead atoms. The van der Waals surface area contributed by atoms with Gasteiger partial charge in [0.05, 0.1) is 32.3 Å². The molecular weight excluding hydrogens is 148 g/mol. The van der Waals surface area contributed by atoms with Gasteiger partial charge in [0.2, 0.25) is 0 Å². The normalized spacial score (nSPS) is 31.5. The molecule has 0 unspecified atom stereocenters. The first-order valence-corrected chi connectivity index (χ1v) is 3.57. The topological polar surface area (TPSA) is 55.8 Å². The maximum Gasteiger partial charge on any atom is 0.311 e. The van der Waals surface area contributed by atoms with Gasteiger partial charge in [-0.3, -0.25) is 4.79 Å². The van der Waals surface area contributed by atoms with Crippen LogP contribution in [0.2, 0.25) is 0 Å². The van der Waals surface area contributed by atoms with E-state index < -0.39 is 6.10 Å². The number of carbonyl (C=O) groups excluding carboxylic acids is 1. The van der Waals surface area contributed by atoms with Crippen molar-refractivity contribution in [3.05, 3.63) is 0 Å². The van der Waals surface area contributed by atoms with E-state index in [9.17, 15) is 4.79 Å². The zero-order valence-corrected chi connectivity index (χ0v) is 6.45. The van der Waals surface area contributed by atoms with E-state index >= 15 is 0 Å². The van der Waals surface area contributed by atoms with Crippen molar-refractivity contribution >= 4 is 5.97 Å². The number of aliphatic hydroxyl groups is 1. The molecule has 0 saturated carbocycles. The van der Waals surface area contributed by atoms with Crippen LogP contribution < -0.4 is 0 Å².